The first-order valence-electron chi connectivity index (χ1n) is 11.0. The number of rotatable bonds is 6. The Hall–Kier alpha value is -3.85. The number of fused-ring (bicyclic) bond motifs is 1. The number of nitrogens with zero attached hydrogens (tertiary/aromatic N) is 3. The van der Waals surface area contributed by atoms with Gasteiger partial charge in [0.25, 0.3) is 5.91 Å². The molecule has 0 radical (unpaired) electrons. The van der Waals surface area contributed by atoms with Crippen LogP contribution in [0.3, 0.4) is 0 Å². The first kappa shape index (κ1) is 24.3. The van der Waals surface area contributed by atoms with Crippen molar-refractivity contribution in [1.82, 2.24) is 15.6 Å². The number of nitrogens with one attached hydrogen (secondary N) is 2. The van der Waals surface area contributed by atoms with Crippen molar-refractivity contribution in [2.24, 2.45) is 4.99 Å². The fraction of sp³-hybridized carbons (Fsp3) is 0.192. The van der Waals surface area contributed by atoms with Crippen LogP contribution >= 0.6 is 15.9 Å². The lowest BCUT2D eigenvalue weighted by Crippen LogP contribution is -2.52. The number of aromatic nitrogens is 1. The van der Waals surface area contributed by atoms with Crippen molar-refractivity contribution in [2.45, 2.75) is 25.6 Å². The van der Waals surface area contributed by atoms with Gasteiger partial charge in [0.2, 0.25) is 18.0 Å². The molecule has 0 fully saturated rings. The fourth-order valence-corrected chi connectivity index (χ4v) is 4.22. The van der Waals surface area contributed by atoms with E-state index in [0.29, 0.717) is 17.1 Å². The predicted molar refractivity (Wildman–Crippen MR) is 137 cm³/mol. The van der Waals surface area contributed by atoms with Crippen molar-refractivity contribution in [1.29, 1.82) is 0 Å². The summed E-state index contributed by atoms with van der Waals surface area (Å²) in [7, 11) is 1.64. The zero-order valence-corrected chi connectivity index (χ0v) is 20.8. The minimum absolute atomic E-state index is 0.124. The number of carbonyl (C=O) groups is 3. The van der Waals surface area contributed by atoms with Gasteiger partial charge in [0, 0.05) is 23.3 Å². The van der Waals surface area contributed by atoms with Gasteiger partial charge in [0.15, 0.2) is 0 Å². The van der Waals surface area contributed by atoms with Crippen molar-refractivity contribution in [3.05, 3.63) is 94.2 Å². The van der Waals surface area contributed by atoms with Gasteiger partial charge in [-0.05, 0) is 42.8 Å². The lowest BCUT2D eigenvalue weighted by Gasteiger charge is -2.22. The second-order valence-corrected chi connectivity index (χ2v) is 9.03. The first-order chi connectivity index (χ1) is 16.8. The van der Waals surface area contributed by atoms with Crippen LogP contribution < -0.4 is 15.5 Å². The van der Waals surface area contributed by atoms with Gasteiger partial charge in [-0.15, -0.1) is 0 Å². The number of anilines is 1. The number of amides is 3. The SMILES string of the molecule is C[C@H](NC(=O)Cc1cccc(Br)c1)C(=O)NC1N=C(c2ccccn2)c2ccccc2N(C)C1=O. The molecule has 0 saturated heterocycles. The van der Waals surface area contributed by atoms with Crippen LogP contribution in [0, 0.1) is 0 Å². The van der Waals surface area contributed by atoms with E-state index in [9.17, 15) is 14.4 Å². The molecule has 1 unspecified atom stereocenters. The number of benzene rings is 2. The van der Waals surface area contributed by atoms with E-state index in [1.807, 2.05) is 54.6 Å². The number of benzodiazepines with no additional fused rings is 1. The smallest absolute Gasteiger partial charge is 0.272 e. The van der Waals surface area contributed by atoms with Gasteiger partial charge in [0.05, 0.1) is 23.5 Å². The average Bonchev–Trinajstić information content (AvgIpc) is 2.95. The second kappa shape index (κ2) is 10.6. The van der Waals surface area contributed by atoms with Crippen molar-refractivity contribution in [3.63, 3.8) is 0 Å². The Kier molecular flexibility index (Phi) is 7.36. The van der Waals surface area contributed by atoms with Gasteiger partial charge < -0.3 is 15.5 Å². The third kappa shape index (κ3) is 5.63. The molecule has 2 atom stereocenters. The van der Waals surface area contributed by atoms with Gasteiger partial charge in [-0.2, -0.15) is 0 Å². The number of likely N-dealkylation sites (N-methyl/N-ethyl adjacent to an activating group) is 1. The quantitative estimate of drug-likeness (QED) is 0.508. The maximum Gasteiger partial charge on any atom is 0.272 e. The normalized spacial score (nSPS) is 16.0. The van der Waals surface area contributed by atoms with Gasteiger partial charge in [0.1, 0.15) is 6.04 Å². The van der Waals surface area contributed by atoms with E-state index in [4.69, 9.17) is 0 Å². The van der Waals surface area contributed by atoms with Gasteiger partial charge in [-0.1, -0.05) is 52.3 Å². The van der Waals surface area contributed by atoms with Crippen LogP contribution in [0.1, 0.15) is 23.7 Å². The summed E-state index contributed by atoms with van der Waals surface area (Å²) in [5.41, 5.74) is 3.28. The van der Waals surface area contributed by atoms with Crippen LogP contribution in [0.2, 0.25) is 0 Å². The average molecular weight is 534 g/mol. The molecule has 4 rings (SSSR count). The molecule has 2 N–H and O–H groups in total. The molecule has 178 valence electrons. The summed E-state index contributed by atoms with van der Waals surface area (Å²) in [4.78, 5) is 49.1. The van der Waals surface area contributed by atoms with E-state index in [-0.39, 0.29) is 12.3 Å². The molecule has 1 aliphatic heterocycles. The summed E-state index contributed by atoms with van der Waals surface area (Å²) in [6.45, 7) is 1.57. The number of hydrogen-bond acceptors (Lipinski definition) is 5. The molecular weight excluding hydrogens is 510 g/mol. The van der Waals surface area contributed by atoms with Crippen LogP contribution in [0.25, 0.3) is 0 Å². The molecule has 3 aromatic rings. The van der Waals surface area contributed by atoms with Crippen LogP contribution in [0.15, 0.2) is 82.4 Å². The molecule has 2 heterocycles. The summed E-state index contributed by atoms with van der Waals surface area (Å²) < 4.78 is 0.868. The van der Waals surface area contributed by atoms with E-state index in [0.717, 1.165) is 15.6 Å². The fourth-order valence-electron chi connectivity index (χ4n) is 3.77. The summed E-state index contributed by atoms with van der Waals surface area (Å²) in [6, 6.07) is 19.3. The minimum atomic E-state index is -1.18. The van der Waals surface area contributed by atoms with E-state index in [2.05, 4.69) is 36.5 Å². The van der Waals surface area contributed by atoms with Crippen LogP contribution in [0.4, 0.5) is 5.69 Å². The standard InChI is InChI=1S/C26H24BrN5O3/c1-16(29-22(33)15-17-8-7-9-18(27)14-17)25(34)31-24-26(35)32(2)21-12-4-3-10-19(21)23(30-24)20-11-5-6-13-28-20/h3-14,16,24H,15H2,1-2H3,(H,29,33)(H,31,34)/t16-,24?/m0/s1. The van der Waals surface area contributed by atoms with Gasteiger partial charge >= 0.3 is 0 Å². The molecule has 0 spiro atoms. The molecule has 1 aliphatic rings. The zero-order chi connectivity index (χ0) is 24.9. The topological polar surface area (TPSA) is 104 Å². The van der Waals surface area contributed by atoms with Gasteiger partial charge in [-0.25, -0.2) is 4.99 Å². The largest absolute Gasteiger partial charge is 0.344 e. The molecule has 2 aromatic carbocycles. The van der Waals surface area contributed by atoms with Crippen molar-refractivity contribution in [2.75, 3.05) is 11.9 Å². The third-order valence-electron chi connectivity index (χ3n) is 5.55. The highest BCUT2D eigenvalue weighted by Gasteiger charge is 2.32. The summed E-state index contributed by atoms with van der Waals surface area (Å²) in [5, 5.41) is 5.37. The molecule has 9 heteroatoms. The van der Waals surface area contributed by atoms with Crippen molar-refractivity contribution < 1.29 is 14.4 Å². The molecule has 0 bridgehead atoms. The maximum atomic E-state index is 13.2. The Morgan fingerprint density at radius 1 is 1.09 bits per heavy atom. The highest BCUT2D eigenvalue weighted by molar-refractivity contribution is 9.10. The molecule has 0 saturated carbocycles. The molecule has 35 heavy (non-hydrogen) atoms. The Morgan fingerprint density at radius 3 is 2.60 bits per heavy atom. The summed E-state index contributed by atoms with van der Waals surface area (Å²) in [5.74, 6) is -1.22. The summed E-state index contributed by atoms with van der Waals surface area (Å²) >= 11 is 3.38. The molecule has 1 aromatic heterocycles. The Bertz CT molecular complexity index is 1290. The van der Waals surface area contributed by atoms with Crippen LogP contribution in [-0.4, -0.2) is 47.7 Å². The van der Waals surface area contributed by atoms with Crippen molar-refractivity contribution in [3.8, 4) is 0 Å². The predicted octanol–water partition coefficient (Wildman–Crippen LogP) is 2.85. The van der Waals surface area contributed by atoms with Gasteiger partial charge in [-0.3, -0.25) is 19.4 Å². The lowest BCUT2D eigenvalue weighted by atomic mass is 10.0. The molecule has 0 aliphatic carbocycles. The van der Waals surface area contributed by atoms with Crippen LogP contribution in [-0.2, 0) is 20.8 Å². The number of aliphatic imine (C=N–C) groups is 1. The van der Waals surface area contributed by atoms with Crippen molar-refractivity contribution >= 4 is 45.1 Å². The number of pyridine rings is 1. The van der Waals surface area contributed by atoms with E-state index < -0.39 is 24.0 Å². The van der Waals surface area contributed by atoms with E-state index >= 15 is 0 Å². The Morgan fingerprint density at radius 2 is 1.86 bits per heavy atom. The molecule has 8 nitrogen and oxygen atoms in total. The monoisotopic (exact) mass is 533 g/mol. The second-order valence-electron chi connectivity index (χ2n) is 8.11. The number of carbonyl (C=O) groups excluding carboxylic acids is 3. The lowest BCUT2D eigenvalue weighted by molar-refractivity contribution is -0.130. The highest BCUT2D eigenvalue weighted by atomic mass is 79.9. The Balaban J connectivity index is 1.54. The molecule has 3 amide bonds. The first-order valence-corrected chi connectivity index (χ1v) is 11.8. The summed E-state index contributed by atoms with van der Waals surface area (Å²) in [6.07, 6.45) is 0.591. The number of hydrogen-bond donors (Lipinski definition) is 2. The third-order valence-corrected chi connectivity index (χ3v) is 6.05. The highest BCUT2D eigenvalue weighted by Crippen LogP contribution is 2.26. The zero-order valence-electron chi connectivity index (χ0n) is 19.2. The minimum Gasteiger partial charge on any atom is -0.344 e. The number of para-hydroxylation sites is 1. The van der Waals surface area contributed by atoms with E-state index in [1.54, 1.807) is 32.3 Å². The molecular formula is C26H24BrN5O3. The maximum absolute atomic E-state index is 13.2. The van der Waals surface area contributed by atoms with E-state index in [1.165, 1.54) is 4.90 Å². The number of halogens is 1. The Labute approximate surface area is 211 Å². The van der Waals surface area contributed by atoms with Crippen LogP contribution in [0.5, 0.6) is 0 Å².